The van der Waals surface area contributed by atoms with Crippen molar-refractivity contribution in [3.05, 3.63) is 47.6 Å². The van der Waals surface area contributed by atoms with Crippen LogP contribution in [0.4, 0.5) is 0 Å². The molecule has 9 aliphatic rings. The fourth-order valence-corrected chi connectivity index (χ4v) is 20.3. The number of hydrogen-bond donors (Lipinski definition) is 3. The van der Waals surface area contributed by atoms with Gasteiger partial charge in [0.2, 0.25) is 17.7 Å². The van der Waals surface area contributed by atoms with E-state index in [-0.39, 0.29) is 61.0 Å². The normalized spacial score (nSPS) is 36.2. The standard InChI is InChI=1S/C71H112N4O7/c1-46(2)16-13-18-48(5)57-26-28-59-55-24-22-51-40-53(30-34-68(51,7)61(55)32-36-70(57,59)9)81-65(78)42-73-63(76)44-75(39-15-38-72-67(80)50-20-11-12-21-50)45-64(77)74-43-66(79)82-54-31-35-69(8)52(41-54)23-25-56-60-29-27-58(49(6)19-14-17-47(3)4)71(60,10)37-33-62(56)69/h11-12,20-23,46-50,53-62H,13-19,24-45H2,1-10H3,(H,72,80)(H,73,76)(H,74,77)/t48-,49-,53+,54+,55+,56+,57-,58-,59+,60+,61+,62+,68+,69+,70-,71-/m1/s1. The third-order valence-electron chi connectivity index (χ3n) is 24.7. The Morgan fingerprint density at radius 2 is 1.00 bits per heavy atom. The van der Waals surface area contributed by atoms with Crippen molar-refractivity contribution >= 4 is 29.7 Å². The maximum atomic E-state index is 13.5. The van der Waals surface area contributed by atoms with E-state index < -0.39 is 23.8 Å². The summed E-state index contributed by atoms with van der Waals surface area (Å²) in [5.74, 6) is 7.13. The quantitative estimate of drug-likeness (QED) is 0.0466. The van der Waals surface area contributed by atoms with E-state index in [2.05, 4.69) is 97.3 Å². The minimum absolute atomic E-state index is 0.102. The van der Waals surface area contributed by atoms with Crippen LogP contribution < -0.4 is 16.0 Å². The molecule has 9 aliphatic carbocycles. The molecule has 82 heavy (non-hydrogen) atoms. The van der Waals surface area contributed by atoms with Crippen LogP contribution in [0.15, 0.2) is 47.6 Å². The second kappa shape index (κ2) is 26.9. The van der Waals surface area contributed by atoms with Crippen molar-refractivity contribution in [2.45, 2.75) is 229 Å². The van der Waals surface area contributed by atoms with E-state index in [9.17, 15) is 24.0 Å². The van der Waals surface area contributed by atoms with Crippen molar-refractivity contribution in [1.82, 2.24) is 20.9 Å². The molecule has 0 aromatic carbocycles. The monoisotopic (exact) mass is 1130 g/mol. The summed E-state index contributed by atoms with van der Waals surface area (Å²) in [7, 11) is 0. The highest BCUT2D eigenvalue weighted by Crippen LogP contribution is 2.69. The number of esters is 2. The first kappa shape index (κ1) is 62.8. The van der Waals surface area contributed by atoms with E-state index in [1.165, 1.54) is 101 Å². The third kappa shape index (κ3) is 13.9. The van der Waals surface area contributed by atoms with Gasteiger partial charge < -0.3 is 25.4 Å². The number of hydrogen-bond acceptors (Lipinski definition) is 8. The van der Waals surface area contributed by atoms with E-state index in [1.54, 1.807) is 4.90 Å². The molecule has 0 aliphatic heterocycles. The molecule has 458 valence electrons. The van der Waals surface area contributed by atoms with Crippen LogP contribution in [0, 0.1) is 98.6 Å². The molecule has 11 heteroatoms. The van der Waals surface area contributed by atoms with Crippen LogP contribution in [0.3, 0.4) is 0 Å². The molecule has 9 rings (SSSR count). The van der Waals surface area contributed by atoms with E-state index in [0.717, 1.165) is 111 Å². The summed E-state index contributed by atoms with van der Waals surface area (Å²) in [6, 6.07) is 0. The van der Waals surface area contributed by atoms with E-state index in [1.807, 2.05) is 24.3 Å². The number of nitrogens with zero attached hydrogens (tertiary/aromatic N) is 1. The van der Waals surface area contributed by atoms with Crippen molar-refractivity contribution in [3.8, 4) is 0 Å². The lowest BCUT2D eigenvalue weighted by molar-refractivity contribution is -0.151. The molecule has 0 aromatic rings. The summed E-state index contributed by atoms with van der Waals surface area (Å²) in [6.07, 6.45) is 38.9. The Kier molecular flexibility index (Phi) is 20.6. The third-order valence-corrected chi connectivity index (χ3v) is 24.7. The van der Waals surface area contributed by atoms with Gasteiger partial charge in [-0.2, -0.15) is 0 Å². The first-order valence-electron chi connectivity index (χ1n) is 33.8. The molecule has 0 bridgehead atoms. The van der Waals surface area contributed by atoms with E-state index >= 15 is 0 Å². The number of ether oxygens (including phenoxy) is 2. The van der Waals surface area contributed by atoms with Gasteiger partial charge >= 0.3 is 11.9 Å². The zero-order valence-corrected chi connectivity index (χ0v) is 52.9. The Bertz CT molecular complexity index is 2240. The van der Waals surface area contributed by atoms with Crippen molar-refractivity contribution in [2.75, 3.05) is 39.3 Å². The lowest BCUT2D eigenvalue weighted by atomic mass is 9.47. The second-order valence-electron chi connectivity index (χ2n) is 30.5. The summed E-state index contributed by atoms with van der Waals surface area (Å²) in [4.78, 5) is 68.2. The van der Waals surface area contributed by atoms with Crippen LogP contribution in [-0.4, -0.2) is 86.0 Å². The van der Waals surface area contributed by atoms with Crippen LogP contribution in [0.1, 0.15) is 217 Å². The highest BCUT2D eigenvalue weighted by atomic mass is 16.5. The van der Waals surface area contributed by atoms with Gasteiger partial charge in [0.25, 0.3) is 0 Å². The molecule has 0 unspecified atom stereocenters. The predicted molar refractivity (Wildman–Crippen MR) is 328 cm³/mol. The molecule has 16 atom stereocenters. The minimum atomic E-state index is -0.451. The largest absolute Gasteiger partial charge is 0.461 e. The average Bonchev–Trinajstić information content (AvgIpc) is 2.83. The highest BCUT2D eigenvalue weighted by molar-refractivity contribution is 5.86. The number of fused-ring (bicyclic) bond motifs is 10. The molecule has 6 saturated carbocycles. The van der Waals surface area contributed by atoms with Gasteiger partial charge in [0.1, 0.15) is 25.3 Å². The average molecular weight is 1130 g/mol. The van der Waals surface area contributed by atoms with Gasteiger partial charge in [0.05, 0.1) is 19.0 Å². The minimum Gasteiger partial charge on any atom is -0.461 e. The van der Waals surface area contributed by atoms with Crippen LogP contribution in [-0.2, 0) is 33.4 Å². The van der Waals surface area contributed by atoms with Crippen LogP contribution in [0.25, 0.3) is 0 Å². The molecular formula is C71H112N4O7. The van der Waals surface area contributed by atoms with Crippen LogP contribution >= 0.6 is 0 Å². The maximum Gasteiger partial charge on any atom is 0.325 e. The number of allylic oxidation sites excluding steroid dienone is 4. The lowest BCUT2D eigenvalue weighted by Crippen LogP contribution is -2.51. The first-order valence-corrected chi connectivity index (χ1v) is 33.8. The van der Waals surface area contributed by atoms with Gasteiger partial charge in [-0.1, -0.05) is 155 Å². The van der Waals surface area contributed by atoms with Crippen molar-refractivity contribution in [2.24, 2.45) is 98.6 Å². The van der Waals surface area contributed by atoms with E-state index in [4.69, 9.17) is 9.47 Å². The molecule has 11 nitrogen and oxygen atoms in total. The Hall–Kier alpha value is -3.73. The number of carbonyl (C=O) groups excluding carboxylic acids is 5. The van der Waals surface area contributed by atoms with Gasteiger partial charge in [0, 0.05) is 25.9 Å². The summed E-state index contributed by atoms with van der Waals surface area (Å²) in [5, 5.41) is 8.50. The summed E-state index contributed by atoms with van der Waals surface area (Å²) >= 11 is 0. The van der Waals surface area contributed by atoms with Gasteiger partial charge in [-0.25, -0.2) is 0 Å². The highest BCUT2D eigenvalue weighted by Gasteiger charge is 2.61. The second-order valence-corrected chi connectivity index (χ2v) is 30.5. The number of nitrogens with one attached hydrogen (secondary N) is 3. The smallest absolute Gasteiger partial charge is 0.325 e. The van der Waals surface area contributed by atoms with Crippen molar-refractivity contribution in [1.29, 1.82) is 0 Å². The zero-order valence-electron chi connectivity index (χ0n) is 52.9. The SMILES string of the molecule is CC(C)CCC[C@@H](C)[C@H]1CC[C@H]2[C@@H]3CC=C4C[C@@H](OC(=O)CNC(=O)CN(CCCNC(=O)C5C=CC=C5)CC(=O)NCC(=O)O[C@H]5CC[C@@]6(C)C(=CC[C@H]7[C@@H]8CC[C@H]([C@H](C)CCCC(C)C)[C@@]8(C)CC[C@@H]76)C5)CC[C@]4(C)[C@H]3CC[C@]12C. The van der Waals surface area contributed by atoms with Gasteiger partial charge in [-0.3, -0.25) is 28.9 Å². The molecule has 0 spiro atoms. The summed E-state index contributed by atoms with van der Waals surface area (Å²) in [5.41, 5.74) is 4.11. The van der Waals surface area contributed by atoms with Gasteiger partial charge in [-0.15, -0.1) is 0 Å². The van der Waals surface area contributed by atoms with E-state index in [0.29, 0.717) is 42.2 Å². The summed E-state index contributed by atoms with van der Waals surface area (Å²) in [6.45, 7) is 24.7. The van der Waals surface area contributed by atoms with Crippen molar-refractivity contribution < 1.29 is 33.4 Å². The van der Waals surface area contributed by atoms with Gasteiger partial charge in [-0.05, 0) is 189 Å². The topological polar surface area (TPSA) is 143 Å². The van der Waals surface area contributed by atoms with Crippen molar-refractivity contribution in [3.63, 3.8) is 0 Å². The molecule has 0 radical (unpaired) electrons. The fourth-order valence-electron chi connectivity index (χ4n) is 20.3. The molecule has 3 amide bonds. The number of carbonyl (C=O) groups is 5. The maximum absolute atomic E-state index is 13.5. The van der Waals surface area contributed by atoms with Crippen LogP contribution in [0.5, 0.6) is 0 Å². The molecule has 6 fully saturated rings. The molecule has 0 saturated heterocycles. The summed E-state index contributed by atoms with van der Waals surface area (Å²) < 4.78 is 12.2. The Balaban J connectivity index is 0.721. The number of rotatable bonds is 25. The Morgan fingerprint density at radius 3 is 1.44 bits per heavy atom. The Labute approximate surface area is 496 Å². The first-order chi connectivity index (χ1) is 39.1. The zero-order chi connectivity index (χ0) is 58.6. The van der Waals surface area contributed by atoms with Crippen LogP contribution in [0.2, 0.25) is 0 Å². The fraction of sp³-hybridized carbons (Fsp3) is 0.817. The molecule has 3 N–H and O–H groups in total. The molecule has 0 heterocycles. The molecular weight excluding hydrogens is 1020 g/mol. The lowest BCUT2D eigenvalue weighted by Gasteiger charge is -2.58. The van der Waals surface area contributed by atoms with Gasteiger partial charge in [0.15, 0.2) is 0 Å². The predicted octanol–water partition coefficient (Wildman–Crippen LogP) is 13.7. The number of amides is 3. The Morgan fingerprint density at radius 1 is 0.549 bits per heavy atom. The molecule has 0 aromatic heterocycles.